The lowest BCUT2D eigenvalue weighted by molar-refractivity contribution is -0.144. The van der Waals surface area contributed by atoms with E-state index in [9.17, 15) is 13.2 Å². The molecule has 0 bridgehead atoms. The van der Waals surface area contributed by atoms with Crippen LogP contribution in [0.3, 0.4) is 0 Å². The Hall–Kier alpha value is -3.83. The second-order valence-corrected chi connectivity index (χ2v) is 6.70. The number of anilines is 3. The van der Waals surface area contributed by atoms with Gasteiger partial charge in [-0.15, -0.1) is 0 Å². The van der Waals surface area contributed by atoms with E-state index in [1.165, 1.54) is 17.1 Å². The molecule has 0 radical (unpaired) electrons. The molecule has 12 heteroatoms. The average molecular weight is 413 g/mol. The number of hydrogen-bond donors (Lipinski definition) is 2. The monoisotopic (exact) mass is 413 g/mol. The van der Waals surface area contributed by atoms with E-state index in [0.717, 1.165) is 18.5 Å². The lowest BCUT2D eigenvalue weighted by Crippen LogP contribution is -2.15. The van der Waals surface area contributed by atoms with Gasteiger partial charge in [-0.25, -0.2) is 19.9 Å². The smallest absolute Gasteiger partial charge is 0.365 e. The molecule has 1 saturated carbocycles. The van der Waals surface area contributed by atoms with Gasteiger partial charge in [0.25, 0.3) is 0 Å². The Kier molecular flexibility index (Phi) is 4.19. The standard InChI is InChI=1S/C18H14F3N9/c19-18(20,21)16-28-14(25-10-1-2-10)13-15(29-16)30(9-24-13)12-5-8-23-17(27-12)26-11-3-6-22-7-4-11/h3-10H,1-2H2,(H,25,28,29)(H,22,23,26,27). The molecule has 2 N–H and O–H groups in total. The van der Waals surface area contributed by atoms with Crippen molar-refractivity contribution in [2.45, 2.75) is 25.1 Å². The second-order valence-electron chi connectivity index (χ2n) is 6.70. The zero-order valence-corrected chi connectivity index (χ0v) is 15.3. The number of nitrogens with one attached hydrogen (secondary N) is 2. The highest BCUT2D eigenvalue weighted by molar-refractivity contribution is 5.84. The molecule has 0 spiro atoms. The first-order chi connectivity index (χ1) is 14.5. The van der Waals surface area contributed by atoms with Crippen molar-refractivity contribution in [1.82, 2.24) is 34.5 Å². The number of aromatic nitrogens is 7. The Labute approximate surface area is 167 Å². The summed E-state index contributed by atoms with van der Waals surface area (Å²) in [5.41, 5.74) is 0.974. The third-order valence-electron chi connectivity index (χ3n) is 4.39. The van der Waals surface area contributed by atoms with Crippen LogP contribution in [0.4, 0.5) is 30.6 Å². The van der Waals surface area contributed by atoms with Crippen molar-refractivity contribution < 1.29 is 13.2 Å². The number of pyridine rings is 1. The molecule has 4 aromatic heterocycles. The summed E-state index contributed by atoms with van der Waals surface area (Å²) in [6, 6.07) is 5.13. The Bertz CT molecular complexity index is 1200. The maximum absolute atomic E-state index is 13.4. The Balaban J connectivity index is 1.58. The number of hydrogen-bond acceptors (Lipinski definition) is 8. The van der Waals surface area contributed by atoms with Crippen molar-refractivity contribution >= 4 is 28.6 Å². The lowest BCUT2D eigenvalue weighted by atomic mass is 10.4. The third-order valence-corrected chi connectivity index (χ3v) is 4.39. The van der Waals surface area contributed by atoms with E-state index in [1.54, 1.807) is 30.6 Å². The molecule has 5 rings (SSSR count). The van der Waals surface area contributed by atoms with E-state index in [0.29, 0.717) is 5.82 Å². The highest BCUT2D eigenvalue weighted by Crippen LogP contribution is 2.33. The van der Waals surface area contributed by atoms with Crippen LogP contribution in [0.2, 0.25) is 0 Å². The largest absolute Gasteiger partial charge is 0.451 e. The summed E-state index contributed by atoms with van der Waals surface area (Å²) in [6.07, 6.45) is 3.15. The molecule has 30 heavy (non-hydrogen) atoms. The number of rotatable bonds is 5. The summed E-state index contributed by atoms with van der Waals surface area (Å²) >= 11 is 0. The SMILES string of the molecule is FC(F)(F)c1nc(NC2CC2)c2ncn(-c3ccnc(Nc4ccncc4)n3)c2n1. The van der Waals surface area contributed by atoms with E-state index < -0.39 is 12.0 Å². The molecule has 0 aromatic carbocycles. The number of imidazole rings is 1. The molecular weight excluding hydrogens is 399 g/mol. The molecule has 1 aliphatic carbocycles. The van der Waals surface area contributed by atoms with Crippen LogP contribution in [-0.2, 0) is 6.18 Å². The summed E-state index contributed by atoms with van der Waals surface area (Å²) in [5.74, 6) is -0.586. The molecule has 1 aliphatic rings. The van der Waals surface area contributed by atoms with Crippen molar-refractivity contribution in [2.75, 3.05) is 10.6 Å². The van der Waals surface area contributed by atoms with Gasteiger partial charge in [-0.05, 0) is 31.0 Å². The Morgan fingerprint density at radius 3 is 2.50 bits per heavy atom. The second kappa shape index (κ2) is 6.90. The predicted octanol–water partition coefficient (Wildman–Crippen LogP) is 3.34. The van der Waals surface area contributed by atoms with Crippen LogP contribution in [0, 0.1) is 0 Å². The molecule has 0 unspecified atom stereocenters. The van der Waals surface area contributed by atoms with Crippen LogP contribution in [0.15, 0.2) is 43.1 Å². The van der Waals surface area contributed by atoms with Gasteiger partial charge in [0.2, 0.25) is 11.8 Å². The number of fused-ring (bicyclic) bond motifs is 1. The molecule has 152 valence electrons. The van der Waals surface area contributed by atoms with E-state index in [2.05, 4.69) is 40.5 Å². The summed E-state index contributed by atoms with van der Waals surface area (Å²) in [4.78, 5) is 24.1. The van der Waals surface area contributed by atoms with Gasteiger partial charge in [0.1, 0.15) is 12.1 Å². The topological polar surface area (TPSA) is 106 Å². The van der Waals surface area contributed by atoms with Crippen molar-refractivity contribution in [1.29, 1.82) is 0 Å². The van der Waals surface area contributed by atoms with Crippen LogP contribution in [0.25, 0.3) is 17.0 Å². The van der Waals surface area contributed by atoms with Crippen LogP contribution in [0.5, 0.6) is 0 Å². The van der Waals surface area contributed by atoms with Gasteiger partial charge in [0, 0.05) is 30.3 Å². The van der Waals surface area contributed by atoms with Gasteiger partial charge < -0.3 is 10.6 Å². The zero-order chi connectivity index (χ0) is 20.7. The first-order valence-corrected chi connectivity index (χ1v) is 9.07. The zero-order valence-electron chi connectivity index (χ0n) is 15.3. The number of nitrogens with zero attached hydrogens (tertiary/aromatic N) is 7. The van der Waals surface area contributed by atoms with Gasteiger partial charge in [0.05, 0.1) is 0 Å². The Morgan fingerprint density at radius 1 is 0.967 bits per heavy atom. The summed E-state index contributed by atoms with van der Waals surface area (Å²) < 4.78 is 41.5. The maximum atomic E-state index is 13.4. The minimum atomic E-state index is -4.69. The summed E-state index contributed by atoms with van der Waals surface area (Å²) in [5, 5.41) is 6.02. The summed E-state index contributed by atoms with van der Waals surface area (Å²) in [7, 11) is 0. The number of alkyl halides is 3. The Morgan fingerprint density at radius 2 is 1.77 bits per heavy atom. The molecule has 0 amide bonds. The highest BCUT2D eigenvalue weighted by Gasteiger charge is 2.37. The van der Waals surface area contributed by atoms with Gasteiger partial charge in [-0.3, -0.25) is 9.55 Å². The lowest BCUT2D eigenvalue weighted by Gasteiger charge is -2.11. The van der Waals surface area contributed by atoms with E-state index in [-0.39, 0.29) is 29.0 Å². The van der Waals surface area contributed by atoms with Gasteiger partial charge >= 0.3 is 6.18 Å². The molecule has 9 nitrogen and oxygen atoms in total. The molecular formula is C18H14F3N9. The van der Waals surface area contributed by atoms with Gasteiger partial charge in [-0.2, -0.15) is 18.2 Å². The fraction of sp³-hybridized carbons (Fsp3) is 0.222. The predicted molar refractivity (Wildman–Crippen MR) is 101 cm³/mol. The maximum Gasteiger partial charge on any atom is 0.451 e. The summed E-state index contributed by atoms with van der Waals surface area (Å²) in [6.45, 7) is 0. The first kappa shape index (κ1) is 18.2. The first-order valence-electron chi connectivity index (χ1n) is 9.07. The van der Waals surface area contributed by atoms with Crippen molar-refractivity contribution in [3.63, 3.8) is 0 Å². The molecule has 4 heterocycles. The van der Waals surface area contributed by atoms with Crippen LogP contribution >= 0.6 is 0 Å². The van der Waals surface area contributed by atoms with E-state index in [1.807, 2.05) is 0 Å². The van der Waals surface area contributed by atoms with Gasteiger partial charge in [-0.1, -0.05) is 0 Å². The normalized spacial score (nSPS) is 14.1. The average Bonchev–Trinajstić information content (AvgIpc) is 3.43. The van der Waals surface area contributed by atoms with Crippen LogP contribution < -0.4 is 10.6 Å². The van der Waals surface area contributed by atoms with E-state index in [4.69, 9.17) is 0 Å². The molecule has 4 aromatic rings. The fourth-order valence-electron chi connectivity index (χ4n) is 2.82. The van der Waals surface area contributed by atoms with Crippen LogP contribution in [0.1, 0.15) is 18.7 Å². The van der Waals surface area contributed by atoms with Crippen LogP contribution in [-0.4, -0.2) is 40.5 Å². The van der Waals surface area contributed by atoms with Crippen molar-refractivity contribution in [2.24, 2.45) is 0 Å². The minimum Gasteiger partial charge on any atom is -0.365 e. The molecule has 1 fully saturated rings. The van der Waals surface area contributed by atoms with E-state index >= 15 is 0 Å². The molecule has 0 atom stereocenters. The molecule has 0 saturated heterocycles. The number of halogens is 3. The van der Waals surface area contributed by atoms with Crippen molar-refractivity contribution in [3.8, 4) is 5.82 Å². The quantitative estimate of drug-likeness (QED) is 0.513. The fourth-order valence-corrected chi connectivity index (χ4v) is 2.82. The molecule has 0 aliphatic heterocycles. The van der Waals surface area contributed by atoms with Gasteiger partial charge in [0.15, 0.2) is 17.0 Å². The highest BCUT2D eigenvalue weighted by atomic mass is 19.4. The van der Waals surface area contributed by atoms with Crippen molar-refractivity contribution in [3.05, 3.63) is 48.9 Å². The third kappa shape index (κ3) is 3.58. The minimum absolute atomic E-state index is 0.00837.